The van der Waals surface area contributed by atoms with Crippen LogP contribution >= 0.6 is 0 Å². The molecule has 3 rings (SSSR count). The molecule has 3 fully saturated rings. The molecule has 2 heteroatoms. The summed E-state index contributed by atoms with van der Waals surface area (Å²) in [4.78, 5) is 0. The number of rotatable bonds is 4. The number of nitrogens with one attached hydrogen (secondary N) is 1. The van der Waals surface area contributed by atoms with Gasteiger partial charge in [-0.3, -0.25) is 0 Å². The number of ether oxygens (including phenoxy) is 1. The summed E-state index contributed by atoms with van der Waals surface area (Å²) < 4.78 is 5.41. The minimum atomic E-state index is 0.556. The van der Waals surface area contributed by atoms with Crippen LogP contribution in [0.2, 0.25) is 0 Å². The van der Waals surface area contributed by atoms with Gasteiger partial charge in [0.1, 0.15) is 0 Å². The van der Waals surface area contributed by atoms with E-state index in [1.807, 2.05) is 0 Å². The van der Waals surface area contributed by atoms with Crippen molar-refractivity contribution in [2.45, 2.75) is 38.1 Å². The molecule has 1 saturated heterocycles. The van der Waals surface area contributed by atoms with Crippen LogP contribution in [0.3, 0.4) is 0 Å². The first kappa shape index (κ1) is 8.25. The van der Waals surface area contributed by atoms with E-state index in [1.54, 1.807) is 0 Å². The van der Waals surface area contributed by atoms with Gasteiger partial charge in [0.25, 0.3) is 0 Å². The van der Waals surface area contributed by atoms with Gasteiger partial charge < -0.3 is 10.1 Å². The van der Waals surface area contributed by atoms with Crippen LogP contribution in [-0.4, -0.2) is 25.8 Å². The molecule has 3 aliphatic rings. The summed E-state index contributed by atoms with van der Waals surface area (Å²) in [6.07, 6.45) is 7.17. The van der Waals surface area contributed by atoms with Crippen LogP contribution in [0.5, 0.6) is 0 Å². The molecule has 2 saturated carbocycles. The van der Waals surface area contributed by atoms with E-state index < -0.39 is 0 Å². The first-order valence-electron chi connectivity index (χ1n) is 5.70. The van der Waals surface area contributed by atoms with E-state index >= 15 is 0 Å². The predicted octanol–water partition coefficient (Wildman–Crippen LogP) is 1.56. The third kappa shape index (κ3) is 1.40. The second-order valence-corrected chi connectivity index (χ2v) is 5.14. The fourth-order valence-corrected chi connectivity index (χ4v) is 2.50. The maximum absolute atomic E-state index is 5.41. The minimum absolute atomic E-state index is 0.556. The average Bonchev–Trinajstić information content (AvgIpc) is 2.72. The van der Waals surface area contributed by atoms with Gasteiger partial charge in [-0.15, -0.1) is 0 Å². The van der Waals surface area contributed by atoms with E-state index in [1.165, 1.54) is 38.6 Å². The molecule has 1 aliphatic heterocycles. The summed E-state index contributed by atoms with van der Waals surface area (Å²) in [5, 5.41) is 3.67. The highest BCUT2D eigenvalue weighted by atomic mass is 16.5. The molecular formula is C11H19NO. The van der Waals surface area contributed by atoms with Crippen molar-refractivity contribution in [2.24, 2.45) is 11.3 Å². The highest BCUT2D eigenvalue weighted by Crippen LogP contribution is 2.46. The van der Waals surface area contributed by atoms with Crippen molar-refractivity contribution in [3.63, 3.8) is 0 Å². The maximum atomic E-state index is 5.41. The summed E-state index contributed by atoms with van der Waals surface area (Å²) in [5.74, 6) is 0.979. The van der Waals surface area contributed by atoms with Gasteiger partial charge in [0, 0.05) is 18.0 Å². The summed E-state index contributed by atoms with van der Waals surface area (Å²) in [7, 11) is 0. The molecule has 0 unspecified atom stereocenters. The molecule has 74 valence electrons. The van der Waals surface area contributed by atoms with Gasteiger partial charge in [-0.2, -0.15) is 0 Å². The van der Waals surface area contributed by atoms with Crippen molar-refractivity contribution in [3.8, 4) is 0 Å². The van der Waals surface area contributed by atoms with Gasteiger partial charge in [-0.05, 0) is 31.6 Å². The highest BCUT2D eigenvalue weighted by molar-refractivity contribution is 4.98. The molecule has 0 aromatic rings. The lowest BCUT2D eigenvalue weighted by molar-refractivity contribution is -0.159. The highest BCUT2D eigenvalue weighted by Gasteiger charge is 2.47. The monoisotopic (exact) mass is 181 g/mol. The second-order valence-electron chi connectivity index (χ2n) is 5.14. The molecule has 0 spiro atoms. The van der Waals surface area contributed by atoms with Gasteiger partial charge in [0.2, 0.25) is 0 Å². The lowest BCUT2D eigenvalue weighted by atomic mass is 9.64. The minimum Gasteiger partial charge on any atom is -0.380 e. The molecule has 0 aromatic carbocycles. The fraction of sp³-hybridized carbons (Fsp3) is 1.00. The molecule has 2 aliphatic carbocycles. The predicted molar refractivity (Wildman–Crippen MR) is 51.6 cm³/mol. The SMILES string of the molecule is C1CC(C2(CNC3CC3)COC2)C1. The Morgan fingerprint density at radius 1 is 1.15 bits per heavy atom. The summed E-state index contributed by atoms with van der Waals surface area (Å²) in [6.45, 7) is 3.27. The van der Waals surface area contributed by atoms with Gasteiger partial charge in [-0.25, -0.2) is 0 Å². The van der Waals surface area contributed by atoms with E-state index in [2.05, 4.69) is 5.32 Å². The molecule has 0 radical (unpaired) electrons. The molecule has 1 heterocycles. The van der Waals surface area contributed by atoms with E-state index in [9.17, 15) is 0 Å². The average molecular weight is 181 g/mol. The molecule has 2 nitrogen and oxygen atoms in total. The van der Waals surface area contributed by atoms with Crippen LogP contribution in [0.25, 0.3) is 0 Å². The fourth-order valence-electron chi connectivity index (χ4n) is 2.50. The molecule has 0 bridgehead atoms. The van der Waals surface area contributed by atoms with E-state index in [0.717, 1.165) is 25.2 Å². The Morgan fingerprint density at radius 3 is 2.31 bits per heavy atom. The van der Waals surface area contributed by atoms with Gasteiger partial charge >= 0.3 is 0 Å². The maximum Gasteiger partial charge on any atom is 0.0559 e. The normalized spacial score (nSPS) is 32.3. The van der Waals surface area contributed by atoms with E-state index in [-0.39, 0.29) is 0 Å². The lowest BCUT2D eigenvalue weighted by Gasteiger charge is -2.51. The van der Waals surface area contributed by atoms with Crippen LogP contribution in [0.15, 0.2) is 0 Å². The van der Waals surface area contributed by atoms with Crippen LogP contribution in [0, 0.1) is 11.3 Å². The third-order valence-corrected chi connectivity index (χ3v) is 4.07. The Balaban J connectivity index is 1.55. The Bertz CT molecular complexity index is 192. The largest absolute Gasteiger partial charge is 0.380 e. The second kappa shape index (κ2) is 2.96. The topological polar surface area (TPSA) is 21.3 Å². The van der Waals surface area contributed by atoms with Crippen molar-refractivity contribution in [1.82, 2.24) is 5.32 Å². The molecule has 1 N–H and O–H groups in total. The molecule has 0 aromatic heterocycles. The van der Waals surface area contributed by atoms with E-state index in [0.29, 0.717) is 5.41 Å². The zero-order valence-corrected chi connectivity index (χ0v) is 8.22. The van der Waals surface area contributed by atoms with Crippen molar-refractivity contribution in [1.29, 1.82) is 0 Å². The van der Waals surface area contributed by atoms with Crippen LogP contribution in [0.1, 0.15) is 32.1 Å². The van der Waals surface area contributed by atoms with Crippen molar-refractivity contribution < 1.29 is 4.74 Å². The van der Waals surface area contributed by atoms with Crippen molar-refractivity contribution in [2.75, 3.05) is 19.8 Å². The molecule has 0 amide bonds. The van der Waals surface area contributed by atoms with Crippen LogP contribution < -0.4 is 5.32 Å². The summed E-state index contributed by atoms with van der Waals surface area (Å²) in [5.41, 5.74) is 0.556. The Labute approximate surface area is 80.0 Å². The van der Waals surface area contributed by atoms with Crippen molar-refractivity contribution in [3.05, 3.63) is 0 Å². The first-order valence-corrected chi connectivity index (χ1v) is 5.70. The Hall–Kier alpha value is -0.0800. The third-order valence-electron chi connectivity index (χ3n) is 4.07. The standard InChI is InChI=1S/C11H19NO/c1-2-9(3-1)11(7-13-8-11)6-12-10-4-5-10/h9-10,12H,1-8H2. The Kier molecular flexibility index (Phi) is 1.88. The van der Waals surface area contributed by atoms with Crippen molar-refractivity contribution >= 4 is 0 Å². The van der Waals surface area contributed by atoms with Gasteiger partial charge in [-0.1, -0.05) is 6.42 Å². The zero-order valence-electron chi connectivity index (χ0n) is 8.22. The molecule has 13 heavy (non-hydrogen) atoms. The van der Waals surface area contributed by atoms with Gasteiger partial charge in [0.05, 0.1) is 13.2 Å². The first-order chi connectivity index (χ1) is 6.39. The van der Waals surface area contributed by atoms with Crippen LogP contribution in [-0.2, 0) is 4.74 Å². The number of hydrogen-bond donors (Lipinski definition) is 1. The summed E-state index contributed by atoms with van der Waals surface area (Å²) >= 11 is 0. The lowest BCUT2D eigenvalue weighted by Crippen LogP contribution is -2.56. The summed E-state index contributed by atoms with van der Waals surface area (Å²) in [6, 6.07) is 0.859. The molecular weight excluding hydrogens is 162 g/mol. The van der Waals surface area contributed by atoms with E-state index in [4.69, 9.17) is 4.74 Å². The van der Waals surface area contributed by atoms with Crippen LogP contribution in [0.4, 0.5) is 0 Å². The molecule has 0 atom stereocenters. The quantitative estimate of drug-likeness (QED) is 0.710. The zero-order chi connectivity index (χ0) is 8.73. The van der Waals surface area contributed by atoms with Gasteiger partial charge in [0.15, 0.2) is 0 Å². The number of hydrogen-bond acceptors (Lipinski definition) is 2. The smallest absolute Gasteiger partial charge is 0.0559 e. The Morgan fingerprint density at radius 2 is 1.92 bits per heavy atom.